The Kier molecular flexibility index (Phi) is 7.85. The van der Waals surface area contributed by atoms with E-state index in [9.17, 15) is 13.2 Å². The summed E-state index contributed by atoms with van der Waals surface area (Å²) in [5, 5.41) is 0. The van der Waals surface area contributed by atoms with Gasteiger partial charge in [-0.05, 0) is 48.4 Å². The third kappa shape index (κ3) is 5.70. The average molecular weight is 390 g/mol. The van der Waals surface area contributed by atoms with Crippen LogP contribution in [0.2, 0.25) is 0 Å². The fourth-order valence-corrected chi connectivity index (χ4v) is 3.52. The van der Waals surface area contributed by atoms with Gasteiger partial charge in [0.2, 0.25) is 0 Å². The molecular weight excluding hydrogens is 359 g/mol. The van der Waals surface area contributed by atoms with Crippen LogP contribution in [0.4, 0.5) is 13.2 Å². The summed E-state index contributed by atoms with van der Waals surface area (Å²) in [5.74, 6) is 0.186. The first-order valence-corrected chi connectivity index (χ1v) is 10.1. The predicted octanol–water partition coefficient (Wildman–Crippen LogP) is 7.96. The van der Waals surface area contributed by atoms with Gasteiger partial charge in [0.05, 0.1) is 11.3 Å². The summed E-state index contributed by atoms with van der Waals surface area (Å²) in [7, 11) is 0. The Labute approximate surface area is 166 Å². The van der Waals surface area contributed by atoms with Crippen LogP contribution in [0.15, 0.2) is 48.2 Å². The number of alkyl halides is 3. The second-order valence-electron chi connectivity index (χ2n) is 7.53. The van der Waals surface area contributed by atoms with Crippen LogP contribution in [0, 0.1) is 0 Å². The summed E-state index contributed by atoms with van der Waals surface area (Å²) >= 11 is 0. The molecule has 2 rings (SSSR count). The predicted molar refractivity (Wildman–Crippen MR) is 110 cm³/mol. The van der Waals surface area contributed by atoms with Crippen LogP contribution in [0.1, 0.15) is 76.0 Å². The fraction of sp³-hybridized carbons (Fsp3) is 0.458. The van der Waals surface area contributed by atoms with Crippen LogP contribution in [0.5, 0.6) is 0 Å². The van der Waals surface area contributed by atoms with Crippen LogP contribution < -0.4 is 0 Å². The van der Waals surface area contributed by atoms with E-state index in [0.29, 0.717) is 23.2 Å². The van der Waals surface area contributed by atoms with E-state index in [1.165, 1.54) is 11.6 Å². The number of rotatable bonds is 8. The highest BCUT2D eigenvalue weighted by Crippen LogP contribution is 2.36. The van der Waals surface area contributed by atoms with Gasteiger partial charge in [0, 0.05) is 11.8 Å². The number of nitrogens with zero attached hydrogens (tertiary/aromatic N) is 1. The Hall–Kier alpha value is -2.10. The molecule has 0 bridgehead atoms. The van der Waals surface area contributed by atoms with Crippen LogP contribution in [-0.2, 0) is 12.6 Å². The van der Waals surface area contributed by atoms with Gasteiger partial charge in [0.15, 0.2) is 0 Å². The summed E-state index contributed by atoms with van der Waals surface area (Å²) in [6.07, 6.45) is 3.44. The first-order valence-electron chi connectivity index (χ1n) is 10.1. The molecule has 0 N–H and O–H groups in total. The minimum absolute atomic E-state index is 0.186. The van der Waals surface area contributed by atoms with Crippen molar-refractivity contribution in [1.29, 1.82) is 0 Å². The largest absolute Gasteiger partial charge is 0.416 e. The Morgan fingerprint density at radius 2 is 1.75 bits per heavy atom. The number of hydrogen-bond acceptors (Lipinski definition) is 1. The topological polar surface area (TPSA) is 12.9 Å². The van der Waals surface area contributed by atoms with E-state index in [0.717, 1.165) is 31.2 Å². The molecule has 1 nitrogen and oxygen atoms in total. The molecule has 0 saturated carbocycles. The number of pyridine rings is 1. The first kappa shape index (κ1) is 22.2. The number of hydrogen-bond donors (Lipinski definition) is 0. The third-order valence-corrected chi connectivity index (χ3v) is 4.90. The zero-order valence-corrected chi connectivity index (χ0v) is 17.2. The molecule has 0 atom stereocenters. The first-order chi connectivity index (χ1) is 13.3. The van der Waals surface area contributed by atoms with Crippen LogP contribution in [0.3, 0.4) is 0 Å². The minimum atomic E-state index is -4.39. The second-order valence-corrected chi connectivity index (χ2v) is 7.53. The average Bonchev–Trinajstić information content (AvgIpc) is 2.65. The van der Waals surface area contributed by atoms with Gasteiger partial charge in [0.1, 0.15) is 0 Å². The van der Waals surface area contributed by atoms with Crippen molar-refractivity contribution in [2.45, 2.75) is 71.9 Å². The summed E-state index contributed by atoms with van der Waals surface area (Å²) < 4.78 is 41.3. The molecule has 0 saturated heterocycles. The smallest absolute Gasteiger partial charge is 0.256 e. The number of halogens is 3. The van der Waals surface area contributed by atoms with Crippen molar-refractivity contribution in [3.63, 3.8) is 0 Å². The monoisotopic (exact) mass is 389 g/mol. The van der Waals surface area contributed by atoms with Crippen LogP contribution in [0.25, 0.3) is 11.3 Å². The molecule has 1 heterocycles. The zero-order valence-electron chi connectivity index (χ0n) is 17.2. The van der Waals surface area contributed by atoms with Gasteiger partial charge in [-0.2, -0.15) is 13.2 Å². The molecule has 152 valence electrons. The van der Waals surface area contributed by atoms with Gasteiger partial charge in [-0.3, -0.25) is 4.98 Å². The van der Waals surface area contributed by atoms with Crippen molar-refractivity contribution < 1.29 is 13.2 Å². The van der Waals surface area contributed by atoms with Crippen molar-refractivity contribution in [3.05, 3.63) is 64.9 Å². The molecule has 0 spiro atoms. The Bertz CT molecular complexity index is 796. The number of benzene rings is 1. The van der Waals surface area contributed by atoms with E-state index < -0.39 is 11.7 Å². The lowest BCUT2D eigenvalue weighted by atomic mass is 9.93. The van der Waals surface area contributed by atoms with Gasteiger partial charge in [-0.15, -0.1) is 0 Å². The van der Waals surface area contributed by atoms with E-state index >= 15 is 0 Å². The molecule has 0 amide bonds. The quantitative estimate of drug-likeness (QED) is 0.417. The molecule has 0 fully saturated rings. The highest BCUT2D eigenvalue weighted by atomic mass is 19.4. The lowest BCUT2D eigenvalue weighted by molar-refractivity contribution is -0.138. The summed E-state index contributed by atoms with van der Waals surface area (Å²) in [6.45, 7) is 8.23. The van der Waals surface area contributed by atoms with Crippen molar-refractivity contribution >= 4 is 0 Å². The molecular formula is C24H30F3N. The van der Waals surface area contributed by atoms with E-state index in [-0.39, 0.29) is 5.92 Å². The zero-order chi connectivity index (χ0) is 20.7. The molecule has 28 heavy (non-hydrogen) atoms. The van der Waals surface area contributed by atoms with Gasteiger partial charge in [-0.25, -0.2) is 0 Å². The molecule has 0 aliphatic rings. The maximum atomic E-state index is 13.8. The molecule has 1 aromatic carbocycles. The maximum absolute atomic E-state index is 13.8. The Morgan fingerprint density at radius 1 is 1.07 bits per heavy atom. The molecule has 0 unspecified atom stereocenters. The second kappa shape index (κ2) is 9.90. The lowest BCUT2D eigenvalue weighted by Crippen LogP contribution is -2.10. The summed E-state index contributed by atoms with van der Waals surface area (Å²) in [6, 6.07) is 8.40. The van der Waals surface area contributed by atoms with Crippen molar-refractivity contribution in [2.24, 2.45) is 0 Å². The minimum Gasteiger partial charge on any atom is -0.256 e. The van der Waals surface area contributed by atoms with E-state index in [4.69, 9.17) is 0 Å². The van der Waals surface area contributed by atoms with E-state index in [1.807, 2.05) is 32.1 Å². The molecule has 0 aliphatic carbocycles. The Morgan fingerprint density at radius 3 is 2.32 bits per heavy atom. The third-order valence-electron chi connectivity index (χ3n) is 4.90. The van der Waals surface area contributed by atoms with Gasteiger partial charge in [-0.1, -0.05) is 70.4 Å². The van der Waals surface area contributed by atoms with Gasteiger partial charge < -0.3 is 0 Å². The highest BCUT2D eigenvalue weighted by molar-refractivity contribution is 5.65. The molecule has 4 heteroatoms. The standard InChI is InChI=1S/C24H30F3N/c1-5-8-18(9-6-2)11-12-19-13-14-20(16-22(19)24(25,26)27)23-21(17(3)4)10-7-15-28-23/h7,10-11,13-17H,5-6,8-9,12H2,1-4H3. The normalized spacial score (nSPS) is 11.7. The fourth-order valence-electron chi connectivity index (χ4n) is 3.52. The maximum Gasteiger partial charge on any atom is 0.416 e. The lowest BCUT2D eigenvalue weighted by Gasteiger charge is -2.16. The SMILES string of the molecule is CCCC(=CCc1ccc(-c2ncccc2C(C)C)cc1C(F)(F)F)CCC. The van der Waals surface area contributed by atoms with Crippen LogP contribution in [-0.4, -0.2) is 4.98 Å². The number of allylic oxidation sites excluding steroid dienone is 2. The molecule has 0 aliphatic heterocycles. The summed E-state index contributed by atoms with van der Waals surface area (Å²) in [5.41, 5.74) is 3.11. The highest BCUT2D eigenvalue weighted by Gasteiger charge is 2.33. The summed E-state index contributed by atoms with van der Waals surface area (Å²) in [4.78, 5) is 4.37. The molecule has 2 aromatic rings. The van der Waals surface area contributed by atoms with Gasteiger partial charge >= 0.3 is 6.18 Å². The van der Waals surface area contributed by atoms with Crippen molar-refractivity contribution in [1.82, 2.24) is 4.98 Å². The van der Waals surface area contributed by atoms with E-state index in [2.05, 4.69) is 18.8 Å². The van der Waals surface area contributed by atoms with E-state index in [1.54, 1.807) is 18.3 Å². The number of aromatic nitrogens is 1. The van der Waals surface area contributed by atoms with Gasteiger partial charge in [0.25, 0.3) is 0 Å². The molecule has 1 aromatic heterocycles. The van der Waals surface area contributed by atoms with Crippen molar-refractivity contribution in [3.8, 4) is 11.3 Å². The molecule has 0 radical (unpaired) electrons. The van der Waals surface area contributed by atoms with Crippen molar-refractivity contribution in [2.75, 3.05) is 0 Å². The van der Waals surface area contributed by atoms with Crippen LogP contribution >= 0.6 is 0 Å². The Balaban J connectivity index is 2.47.